The highest BCUT2D eigenvalue weighted by atomic mass is 35.5. The number of nitrogens with one attached hydrogen (secondary N) is 2. The van der Waals surface area contributed by atoms with Crippen LogP contribution in [0.1, 0.15) is 0 Å². The minimum absolute atomic E-state index is 0.209. The molecule has 2 aromatic heterocycles. The van der Waals surface area contributed by atoms with Crippen molar-refractivity contribution in [3.8, 4) is 0 Å². The molecular formula is C12H18ClN7. The van der Waals surface area contributed by atoms with Gasteiger partial charge in [-0.3, -0.25) is 4.90 Å². The van der Waals surface area contributed by atoms with Gasteiger partial charge in [-0.2, -0.15) is 9.97 Å². The van der Waals surface area contributed by atoms with Gasteiger partial charge in [0.2, 0.25) is 5.28 Å². The molecule has 0 saturated carbocycles. The molecular weight excluding hydrogens is 278 g/mol. The molecule has 3 rings (SSSR count). The van der Waals surface area contributed by atoms with Crippen LogP contribution >= 0.6 is 11.6 Å². The minimum atomic E-state index is 0.209. The Morgan fingerprint density at radius 3 is 3.10 bits per heavy atom. The molecule has 0 aromatic carbocycles. The maximum atomic E-state index is 5.92. The van der Waals surface area contributed by atoms with Gasteiger partial charge in [0, 0.05) is 32.2 Å². The summed E-state index contributed by atoms with van der Waals surface area (Å²) in [7, 11) is 4.30. The molecule has 7 nitrogen and oxygen atoms in total. The molecule has 8 heteroatoms. The van der Waals surface area contributed by atoms with Crippen molar-refractivity contribution >= 4 is 28.6 Å². The van der Waals surface area contributed by atoms with Gasteiger partial charge in [-0.25, -0.2) is 4.98 Å². The van der Waals surface area contributed by atoms with Crippen molar-refractivity contribution in [1.82, 2.24) is 29.7 Å². The Hall–Kier alpha value is -1.44. The number of fused-ring (bicyclic) bond motifs is 1. The summed E-state index contributed by atoms with van der Waals surface area (Å²) >= 11 is 5.92. The maximum Gasteiger partial charge on any atom is 0.226 e. The second kappa shape index (κ2) is 5.51. The van der Waals surface area contributed by atoms with Gasteiger partial charge < -0.3 is 15.2 Å². The molecule has 3 heterocycles. The molecule has 0 radical (unpaired) electrons. The van der Waals surface area contributed by atoms with Crippen LogP contribution in [0.15, 0.2) is 6.33 Å². The Labute approximate surface area is 122 Å². The minimum Gasteiger partial charge on any atom is -0.367 e. The first-order chi connectivity index (χ1) is 9.63. The number of rotatable bonds is 3. The standard InChI is InChI=1S/C12H18ClN7/c1-19-3-4-20(2)8(6-19)5-14-10-9-11(16-7-15-9)18-12(13)17-10/h7-8H,3-6H2,1-2H3,(H2,14,15,16,17,18). The van der Waals surface area contributed by atoms with Crippen LogP contribution in [0.2, 0.25) is 5.28 Å². The van der Waals surface area contributed by atoms with E-state index in [9.17, 15) is 0 Å². The van der Waals surface area contributed by atoms with E-state index < -0.39 is 0 Å². The third-order valence-corrected chi connectivity index (χ3v) is 3.91. The summed E-state index contributed by atoms with van der Waals surface area (Å²) in [6, 6.07) is 0.445. The average Bonchev–Trinajstić information content (AvgIpc) is 2.87. The second-order valence-corrected chi connectivity index (χ2v) is 5.56. The number of hydrogen-bond donors (Lipinski definition) is 2. The molecule has 1 fully saturated rings. The summed E-state index contributed by atoms with van der Waals surface area (Å²) in [6.45, 7) is 4.03. The number of hydrogen-bond acceptors (Lipinski definition) is 6. The molecule has 0 bridgehead atoms. The van der Waals surface area contributed by atoms with Crippen molar-refractivity contribution in [2.45, 2.75) is 6.04 Å². The zero-order valence-corrected chi connectivity index (χ0v) is 12.4. The molecule has 1 aliphatic rings. The summed E-state index contributed by atoms with van der Waals surface area (Å²) in [4.78, 5) is 20.2. The third kappa shape index (κ3) is 2.70. The Balaban J connectivity index is 1.74. The number of nitrogens with zero attached hydrogens (tertiary/aromatic N) is 5. The van der Waals surface area contributed by atoms with Crippen LogP contribution < -0.4 is 5.32 Å². The fraction of sp³-hybridized carbons (Fsp3) is 0.583. The van der Waals surface area contributed by atoms with Crippen LogP contribution in [0.3, 0.4) is 0 Å². The van der Waals surface area contributed by atoms with Crippen molar-refractivity contribution in [2.75, 3.05) is 45.6 Å². The number of likely N-dealkylation sites (N-methyl/N-ethyl adjacent to an activating group) is 2. The van der Waals surface area contributed by atoms with Gasteiger partial charge in [-0.15, -0.1) is 0 Å². The van der Waals surface area contributed by atoms with E-state index >= 15 is 0 Å². The van der Waals surface area contributed by atoms with E-state index in [1.165, 1.54) is 0 Å². The summed E-state index contributed by atoms with van der Waals surface area (Å²) in [6.07, 6.45) is 1.60. The summed E-state index contributed by atoms with van der Waals surface area (Å²) < 4.78 is 0. The summed E-state index contributed by atoms with van der Waals surface area (Å²) in [5, 5.41) is 3.57. The molecule has 2 aromatic rings. The normalized spacial score (nSPS) is 21.4. The van der Waals surface area contributed by atoms with E-state index in [1.807, 2.05) is 0 Å². The van der Waals surface area contributed by atoms with Crippen molar-refractivity contribution in [1.29, 1.82) is 0 Å². The topological polar surface area (TPSA) is 73.0 Å². The fourth-order valence-electron chi connectivity index (χ4n) is 2.47. The number of piperazine rings is 1. The fourth-order valence-corrected chi connectivity index (χ4v) is 2.64. The van der Waals surface area contributed by atoms with E-state index in [4.69, 9.17) is 11.6 Å². The third-order valence-electron chi connectivity index (χ3n) is 3.74. The van der Waals surface area contributed by atoms with Crippen molar-refractivity contribution in [2.24, 2.45) is 0 Å². The molecule has 1 atom stereocenters. The summed E-state index contributed by atoms with van der Waals surface area (Å²) in [5.41, 5.74) is 1.38. The highest BCUT2D eigenvalue weighted by molar-refractivity contribution is 6.28. The van der Waals surface area contributed by atoms with E-state index in [0.717, 1.165) is 31.7 Å². The highest BCUT2D eigenvalue weighted by Crippen LogP contribution is 2.19. The van der Waals surface area contributed by atoms with Gasteiger partial charge in [-0.1, -0.05) is 0 Å². The van der Waals surface area contributed by atoms with E-state index in [1.54, 1.807) is 6.33 Å². The molecule has 0 aliphatic carbocycles. The van der Waals surface area contributed by atoms with Gasteiger partial charge in [0.1, 0.15) is 5.52 Å². The molecule has 1 aliphatic heterocycles. The Bertz CT molecular complexity index is 599. The second-order valence-electron chi connectivity index (χ2n) is 5.22. The van der Waals surface area contributed by atoms with Crippen molar-refractivity contribution < 1.29 is 0 Å². The predicted molar refractivity (Wildman–Crippen MR) is 79.1 cm³/mol. The Kier molecular flexibility index (Phi) is 3.73. The van der Waals surface area contributed by atoms with Gasteiger partial charge in [0.15, 0.2) is 11.5 Å². The lowest BCUT2D eigenvalue weighted by Crippen LogP contribution is -2.52. The zero-order chi connectivity index (χ0) is 14.1. The SMILES string of the molecule is CN1CCN(C)C(CNc2nc(Cl)nc3nc[nH]c23)C1. The monoisotopic (exact) mass is 295 g/mol. The number of anilines is 1. The van der Waals surface area contributed by atoms with Crippen molar-refractivity contribution in [3.63, 3.8) is 0 Å². The van der Waals surface area contributed by atoms with Gasteiger partial charge in [0.05, 0.1) is 6.33 Å². The largest absolute Gasteiger partial charge is 0.367 e. The first-order valence-electron chi connectivity index (χ1n) is 6.63. The number of imidazole rings is 1. The molecule has 2 N–H and O–H groups in total. The van der Waals surface area contributed by atoms with E-state index in [2.05, 4.69) is 49.1 Å². The number of halogens is 1. The van der Waals surface area contributed by atoms with E-state index in [-0.39, 0.29) is 5.28 Å². The van der Waals surface area contributed by atoms with Crippen LogP contribution in [-0.2, 0) is 0 Å². The smallest absolute Gasteiger partial charge is 0.226 e. The summed E-state index contributed by atoms with van der Waals surface area (Å²) in [5.74, 6) is 0.708. The lowest BCUT2D eigenvalue weighted by Gasteiger charge is -2.37. The first-order valence-corrected chi connectivity index (χ1v) is 7.00. The number of aromatic nitrogens is 4. The predicted octanol–water partition coefficient (Wildman–Crippen LogP) is 0.664. The Morgan fingerprint density at radius 2 is 2.25 bits per heavy atom. The quantitative estimate of drug-likeness (QED) is 0.811. The zero-order valence-electron chi connectivity index (χ0n) is 11.6. The molecule has 0 spiro atoms. The Morgan fingerprint density at radius 1 is 1.40 bits per heavy atom. The average molecular weight is 296 g/mol. The van der Waals surface area contributed by atoms with Crippen molar-refractivity contribution in [3.05, 3.63) is 11.6 Å². The number of aromatic amines is 1. The lowest BCUT2D eigenvalue weighted by atomic mass is 10.2. The van der Waals surface area contributed by atoms with Crippen LogP contribution in [-0.4, -0.2) is 76.1 Å². The highest BCUT2D eigenvalue weighted by Gasteiger charge is 2.22. The first kappa shape index (κ1) is 13.5. The van der Waals surface area contributed by atoms with Gasteiger partial charge >= 0.3 is 0 Å². The van der Waals surface area contributed by atoms with E-state index in [0.29, 0.717) is 17.5 Å². The molecule has 1 saturated heterocycles. The molecule has 20 heavy (non-hydrogen) atoms. The maximum absolute atomic E-state index is 5.92. The van der Waals surface area contributed by atoms with Crippen LogP contribution in [0.5, 0.6) is 0 Å². The van der Waals surface area contributed by atoms with Crippen LogP contribution in [0, 0.1) is 0 Å². The molecule has 108 valence electrons. The van der Waals surface area contributed by atoms with Gasteiger partial charge in [-0.05, 0) is 25.7 Å². The number of H-pyrrole nitrogens is 1. The molecule has 0 amide bonds. The molecule has 1 unspecified atom stereocenters. The van der Waals surface area contributed by atoms with Gasteiger partial charge in [0.25, 0.3) is 0 Å². The lowest BCUT2D eigenvalue weighted by molar-refractivity contribution is 0.122. The van der Waals surface area contributed by atoms with Crippen LogP contribution in [0.25, 0.3) is 11.2 Å². The van der Waals surface area contributed by atoms with Crippen LogP contribution in [0.4, 0.5) is 5.82 Å².